The van der Waals surface area contributed by atoms with Gasteiger partial charge in [-0.05, 0) is 24.3 Å². The van der Waals surface area contributed by atoms with Gasteiger partial charge in [-0.15, -0.1) is 0 Å². The highest BCUT2D eigenvalue weighted by Gasteiger charge is 2.51. The van der Waals surface area contributed by atoms with Crippen molar-refractivity contribution in [3.63, 3.8) is 0 Å². The zero-order valence-corrected chi connectivity index (χ0v) is 16.4. The van der Waals surface area contributed by atoms with Crippen LogP contribution in [0.1, 0.15) is 50.1 Å². The molecule has 1 saturated carbocycles. The lowest BCUT2D eigenvalue weighted by atomic mass is 9.82. The Balaban J connectivity index is 1.50. The van der Waals surface area contributed by atoms with Crippen LogP contribution < -0.4 is 0 Å². The molecule has 2 heterocycles. The highest BCUT2D eigenvalue weighted by molar-refractivity contribution is 5.88. The smallest absolute Gasteiger partial charge is 0.311 e. The van der Waals surface area contributed by atoms with E-state index in [1.807, 2.05) is 35.2 Å². The van der Waals surface area contributed by atoms with Crippen LogP contribution in [0.15, 0.2) is 30.3 Å². The molecule has 4 rings (SSSR count). The molecule has 2 aliphatic heterocycles. The number of fused-ring (bicyclic) bond motifs is 1. The number of methoxy groups -OCH3 is 1. The van der Waals surface area contributed by atoms with Gasteiger partial charge >= 0.3 is 5.97 Å². The second-order valence-electron chi connectivity index (χ2n) is 8.29. The molecule has 0 spiro atoms. The lowest BCUT2D eigenvalue weighted by Gasteiger charge is -2.40. The SMILES string of the molecule is COC(=O)[C@H]1C[C@H]2CN(C(=O)CCC3CCC3)CC(=O)N2[C@H]1c1ccccc1. The summed E-state index contributed by atoms with van der Waals surface area (Å²) in [5, 5.41) is 0. The molecule has 3 atom stereocenters. The number of piperazine rings is 1. The van der Waals surface area contributed by atoms with Crippen LogP contribution in [0, 0.1) is 11.8 Å². The average molecular weight is 384 g/mol. The lowest BCUT2D eigenvalue weighted by Crippen LogP contribution is -2.55. The topological polar surface area (TPSA) is 66.9 Å². The van der Waals surface area contributed by atoms with Gasteiger partial charge in [0.2, 0.25) is 11.8 Å². The number of amides is 2. The largest absolute Gasteiger partial charge is 0.469 e. The average Bonchev–Trinajstić information content (AvgIpc) is 3.06. The first-order valence-corrected chi connectivity index (χ1v) is 10.3. The number of esters is 1. The molecular weight excluding hydrogens is 356 g/mol. The van der Waals surface area contributed by atoms with Crippen LogP contribution in [-0.2, 0) is 19.1 Å². The highest BCUT2D eigenvalue weighted by atomic mass is 16.5. The molecule has 0 unspecified atom stereocenters. The molecule has 6 heteroatoms. The summed E-state index contributed by atoms with van der Waals surface area (Å²) in [6, 6.07) is 9.20. The fourth-order valence-electron chi connectivity index (χ4n) is 4.92. The van der Waals surface area contributed by atoms with Crippen LogP contribution in [0.4, 0.5) is 0 Å². The molecule has 1 aliphatic carbocycles. The minimum absolute atomic E-state index is 0.0673. The van der Waals surface area contributed by atoms with Crippen LogP contribution in [0.25, 0.3) is 0 Å². The van der Waals surface area contributed by atoms with E-state index in [2.05, 4.69) is 0 Å². The van der Waals surface area contributed by atoms with E-state index in [0.29, 0.717) is 25.3 Å². The third kappa shape index (κ3) is 3.52. The van der Waals surface area contributed by atoms with E-state index < -0.39 is 5.92 Å². The summed E-state index contributed by atoms with van der Waals surface area (Å²) < 4.78 is 5.03. The molecular formula is C22H28N2O4. The van der Waals surface area contributed by atoms with E-state index in [-0.39, 0.29) is 36.4 Å². The minimum atomic E-state index is -0.397. The number of ether oxygens (including phenoxy) is 1. The van der Waals surface area contributed by atoms with Crippen LogP contribution >= 0.6 is 0 Å². The monoisotopic (exact) mass is 384 g/mol. The maximum absolute atomic E-state index is 13.0. The van der Waals surface area contributed by atoms with Gasteiger partial charge < -0.3 is 14.5 Å². The van der Waals surface area contributed by atoms with Gasteiger partial charge in [-0.25, -0.2) is 0 Å². The van der Waals surface area contributed by atoms with E-state index in [0.717, 1.165) is 12.0 Å². The van der Waals surface area contributed by atoms with Crippen molar-refractivity contribution >= 4 is 17.8 Å². The Kier molecular flexibility index (Phi) is 5.38. The zero-order valence-electron chi connectivity index (χ0n) is 16.4. The number of hydrogen-bond donors (Lipinski definition) is 0. The predicted molar refractivity (Wildman–Crippen MR) is 103 cm³/mol. The maximum atomic E-state index is 13.0. The third-order valence-corrected chi connectivity index (χ3v) is 6.63. The van der Waals surface area contributed by atoms with Gasteiger partial charge in [0.15, 0.2) is 0 Å². The highest BCUT2D eigenvalue weighted by Crippen LogP contribution is 2.43. The van der Waals surface area contributed by atoms with E-state index in [1.54, 1.807) is 4.90 Å². The first-order valence-electron chi connectivity index (χ1n) is 10.3. The Bertz CT molecular complexity index is 746. The molecule has 2 amide bonds. The van der Waals surface area contributed by atoms with Crippen molar-refractivity contribution in [1.82, 2.24) is 9.80 Å². The number of nitrogens with zero attached hydrogens (tertiary/aromatic N) is 2. The van der Waals surface area contributed by atoms with Gasteiger partial charge in [0.25, 0.3) is 0 Å². The maximum Gasteiger partial charge on any atom is 0.311 e. The summed E-state index contributed by atoms with van der Waals surface area (Å²) in [6.07, 6.45) is 5.70. The first kappa shape index (κ1) is 19.0. The number of hydrogen-bond acceptors (Lipinski definition) is 4. The van der Waals surface area contributed by atoms with Gasteiger partial charge in [0, 0.05) is 13.0 Å². The van der Waals surface area contributed by atoms with Crippen LogP contribution in [0.5, 0.6) is 0 Å². The number of carbonyl (C=O) groups excluding carboxylic acids is 3. The molecule has 6 nitrogen and oxygen atoms in total. The van der Waals surface area contributed by atoms with Gasteiger partial charge in [-0.3, -0.25) is 14.4 Å². The molecule has 0 radical (unpaired) electrons. The molecule has 150 valence electrons. The number of carbonyl (C=O) groups is 3. The molecule has 3 aliphatic rings. The second kappa shape index (κ2) is 7.94. The summed E-state index contributed by atoms with van der Waals surface area (Å²) in [6.45, 7) is 0.614. The Morgan fingerprint density at radius 3 is 2.57 bits per heavy atom. The summed E-state index contributed by atoms with van der Waals surface area (Å²) >= 11 is 0. The summed E-state index contributed by atoms with van der Waals surface area (Å²) in [5.74, 6) is -0.0185. The van der Waals surface area contributed by atoms with Gasteiger partial charge in [0.1, 0.15) is 0 Å². The standard InChI is InChI=1S/C22H28N2O4/c1-28-22(27)18-12-17-13-23(19(25)11-10-15-6-5-7-15)14-20(26)24(17)21(18)16-8-3-2-4-9-16/h2-4,8-9,15,17-18,21H,5-7,10-14H2,1H3/t17-,18-,21-/m0/s1. The van der Waals surface area contributed by atoms with Crippen molar-refractivity contribution in [3.05, 3.63) is 35.9 Å². The van der Waals surface area contributed by atoms with Crippen LogP contribution in [0.2, 0.25) is 0 Å². The molecule has 3 fully saturated rings. The number of benzene rings is 1. The van der Waals surface area contributed by atoms with E-state index in [9.17, 15) is 14.4 Å². The Morgan fingerprint density at radius 2 is 1.93 bits per heavy atom. The van der Waals surface area contributed by atoms with Crippen molar-refractivity contribution in [3.8, 4) is 0 Å². The molecule has 1 aromatic rings. The van der Waals surface area contributed by atoms with Crippen molar-refractivity contribution in [2.45, 2.75) is 50.6 Å². The summed E-state index contributed by atoms with van der Waals surface area (Å²) in [7, 11) is 1.39. The van der Waals surface area contributed by atoms with E-state index in [4.69, 9.17) is 4.74 Å². The zero-order chi connectivity index (χ0) is 19.7. The fourth-order valence-corrected chi connectivity index (χ4v) is 4.92. The molecule has 2 saturated heterocycles. The normalized spacial score (nSPS) is 27.3. The Hall–Kier alpha value is -2.37. The molecule has 0 N–H and O–H groups in total. The van der Waals surface area contributed by atoms with Gasteiger partial charge in [-0.2, -0.15) is 0 Å². The first-order chi connectivity index (χ1) is 13.6. The van der Waals surface area contributed by atoms with Gasteiger partial charge in [0.05, 0.1) is 31.7 Å². The lowest BCUT2D eigenvalue weighted by molar-refractivity contribution is -0.151. The van der Waals surface area contributed by atoms with Crippen LogP contribution in [-0.4, -0.2) is 53.8 Å². The molecule has 0 aromatic heterocycles. The minimum Gasteiger partial charge on any atom is -0.469 e. The van der Waals surface area contributed by atoms with Crippen molar-refractivity contribution in [2.24, 2.45) is 11.8 Å². The molecule has 0 bridgehead atoms. The molecule has 28 heavy (non-hydrogen) atoms. The Morgan fingerprint density at radius 1 is 1.18 bits per heavy atom. The quantitative estimate of drug-likeness (QED) is 0.732. The van der Waals surface area contributed by atoms with Crippen molar-refractivity contribution in [1.29, 1.82) is 0 Å². The van der Waals surface area contributed by atoms with E-state index >= 15 is 0 Å². The fraction of sp³-hybridized carbons (Fsp3) is 0.591. The number of rotatable bonds is 5. The van der Waals surface area contributed by atoms with Crippen molar-refractivity contribution in [2.75, 3.05) is 20.2 Å². The Labute approximate surface area is 165 Å². The predicted octanol–water partition coefficient (Wildman–Crippen LogP) is 2.54. The van der Waals surface area contributed by atoms with Crippen LogP contribution in [0.3, 0.4) is 0 Å². The van der Waals surface area contributed by atoms with Crippen molar-refractivity contribution < 1.29 is 19.1 Å². The third-order valence-electron chi connectivity index (χ3n) is 6.63. The summed E-state index contributed by atoms with van der Waals surface area (Å²) in [4.78, 5) is 41.6. The van der Waals surface area contributed by atoms with Gasteiger partial charge in [-0.1, -0.05) is 49.6 Å². The molecule has 1 aromatic carbocycles. The summed E-state index contributed by atoms with van der Waals surface area (Å²) in [5.41, 5.74) is 0.943. The van der Waals surface area contributed by atoms with E-state index in [1.165, 1.54) is 26.4 Å². The second-order valence-corrected chi connectivity index (χ2v) is 8.29.